The molecule has 0 bridgehead atoms. The first kappa shape index (κ1) is 19.9. The lowest BCUT2D eigenvalue weighted by atomic mass is 10.1. The summed E-state index contributed by atoms with van der Waals surface area (Å²) in [4.78, 5) is 41.6. The quantitative estimate of drug-likeness (QED) is 0.425. The summed E-state index contributed by atoms with van der Waals surface area (Å²) in [5.74, 6) is 0.0869. The number of imidazole rings is 1. The van der Waals surface area contributed by atoms with E-state index in [2.05, 4.69) is 34.4 Å². The number of aromatic amines is 1. The summed E-state index contributed by atoms with van der Waals surface area (Å²) < 4.78 is 0. The highest BCUT2D eigenvalue weighted by Crippen LogP contribution is 2.07. The zero-order valence-corrected chi connectivity index (χ0v) is 14.8. The fraction of sp³-hybridized carbons (Fsp3) is 0.647. The normalized spacial score (nSPS) is 10.7. The Kier molecular flexibility index (Phi) is 8.75. The second-order valence-corrected chi connectivity index (χ2v) is 6.24. The van der Waals surface area contributed by atoms with Gasteiger partial charge in [0.25, 0.3) is 5.91 Å². The van der Waals surface area contributed by atoms with Crippen LogP contribution in [0, 0.1) is 5.92 Å². The highest BCUT2D eigenvalue weighted by Gasteiger charge is 2.15. The van der Waals surface area contributed by atoms with Crippen LogP contribution >= 0.6 is 0 Å². The van der Waals surface area contributed by atoms with Crippen LogP contribution in [0.25, 0.3) is 0 Å². The molecule has 1 heterocycles. The number of H-pyrrole nitrogens is 1. The summed E-state index contributed by atoms with van der Waals surface area (Å²) in [5.41, 5.74) is 0.251. The van der Waals surface area contributed by atoms with Crippen LogP contribution in [0.1, 0.15) is 73.5 Å². The maximum Gasteiger partial charge on any atom is 0.287 e. The third-order valence-corrected chi connectivity index (χ3v) is 3.69. The Morgan fingerprint density at radius 1 is 1.17 bits per heavy atom. The van der Waals surface area contributed by atoms with Crippen molar-refractivity contribution in [2.45, 2.75) is 52.4 Å². The molecule has 3 N–H and O–H groups in total. The molecular weight excluding hydrogens is 308 g/mol. The van der Waals surface area contributed by atoms with Crippen LogP contribution in [-0.2, 0) is 4.79 Å². The molecule has 0 aliphatic carbocycles. The molecule has 24 heavy (non-hydrogen) atoms. The Balaban J connectivity index is 2.32. The lowest BCUT2D eigenvalue weighted by Gasteiger charge is -2.05. The Bertz CT molecular complexity index is 552. The molecule has 0 aliphatic heterocycles. The Hall–Kier alpha value is -2.18. The number of aromatic nitrogens is 2. The fourth-order valence-corrected chi connectivity index (χ4v) is 2.21. The van der Waals surface area contributed by atoms with Gasteiger partial charge >= 0.3 is 0 Å². The van der Waals surface area contributed by atoms with E-state index in [1.165, 1.54) is 19.7 Å². The van der Waals surface area contributed by atoms with Gasteiger partial charge < -0.3 is 15.6 Å². The smallest absolute Gasteiger partial charge is 0.287 e. The number of carbonyl (C=O) groups is 3. The molecule has 7 heteroatoms. The largest absolute Gasteiger partial charge is 0.359 e. The zero-order valence-electron chi connectivity index (χ0n) is 14.8. The summed E-state index contributed by atoms with van der Waals surface area (Å²) in [6.07, 6.45) is 5.91. The van der Waals surface area contributed by atoms with Gasteiger partial charge in [-0.25, -0.2) is 4.98 Å². The molecule has 2 amide bonds. The maximum atomic E-state index is 12.0. The standard InChI is InChI=1S/C17H28N4O3/c1-12(2)7-5-4-6-10-19-17(24)16-20-11-13(21-16)14(22)8-9-15(23)18-3/h11-12H,4-10H2,1-3H3,(H,18,23)(H,19,24)(H,20,21). The van der Waals surface area contributed by atoms with Crippen LogP contribution in [0.2, 0.25) is 0 Å². The van der Waals surface area contributed by atoms with Crippen molar-refractivity contribution in [1.82, 2.24) is 20.6 Å². The van der Waals surface area contributed by atoms with Crippen molar-refractivity contribution in [3.8, 4) is 0 Å². The molecule has 0 aliphatic rings. The molecule has 134 valence electrons. The summed E-state index contributed by atoms with van der Waals surface area (Å²) >= 11 is 0. The summed E-state index contributed by atoms with van der Waals surface area (Å²) in [5, 5.41) is 5.25. The molecule has 1 aromatic heterocycles. The fourth-order valence-electron chi connectivity index (χ4n) is 2.21. The van der Waals surface area contributed by atoms with E-state index in [1.54, 1.807) is 0 Å². The molecular formula is C17H28N4O3. The van der Waals surface area contributed by atoms with Crippen molar-refractivity contribution in [3.05, 3.63) is 17.7 Å². The summed E-state index contributed by atoms with van der Waals surface area (Å²) in [6, 6.07) is 0. The highest BCUT2D eigenvalue weighted by molar-refractivity contribution is 5.98. The van der Waals surface area contributed by atoms with Crippen LogP contribution in [0.4, 0.5) is 0 Å². The Morgan fingerprint density at radius 2 is 1.92 bits per heavy atom. The number of nitrogens with one attached hydrogen (secondary N) is 3. The number of carbonyl (C=O) groups excluding carboxylic acids is 3. The van der Waals surface area contributed by atoms with E-state index >= 15 is 0 Å². The minimum atomic E-state index is -0.316. The second-order valence-electron chi connectivity index (χ2n) is 6.24. The minimum absolute atomic E-state index is 0.0821. The van der Waals surface area contributed by atoms with Gasteiger partial charge in [-0.1, -0.05) is 33.1 Å². The predicted octanol–water partition coefficient (Wildman–Crippen LogP) is 2.06. The van der Waals surface area contributed by atoms with Gasteiger partial charge in [0.1, 0.15) is 5.69 Å². The number of amides is 2. The number of hydrogen-bond acceptors (Lipinski definition) is 4. The molecule has 0 unspecified atom stereocenters. The number of rotatable bonds is 11. The number of Topliss-reactive ketones (excluding diaryl/α,β-unsaturated/α-hetero) is 1. The first-order chi connectivity index (χ1) is 11.4. The van der Waals surface area contributed by atoms with E-state index in [0.717, 1.165) is 19.3 Å². The van der Waals surface area contributed by atoms with E-state index in [4.69, 9.17) is 0 Å². The van der Waals surface area contributed by atoms with Gasteiger partial charge in [0.2, 0.25) is 5.91 Å². The van der Waals surface area contributed by atoms with E-state index in [9.17, 15) is 14.4 Å². The average molecular weight is 336 g/mol. The monoisotopic (exact) mass is 336 g/mol. The van der Waals surface area contributed by atoms with Gasteiger partial charge in [0.15, 0.2) is 11.6 Å². The van der Waals surface area contributed by atoms with Crippen molar-refractivity contribution in [2.24, 2.45) is 5.92 Å². The first-order valence-corrected chi connectivity index (χ1v) is 8.51. The number of nitrogens with zero attached hydrogens (tertiary/aromatic N) is 1. The molecule has 0 saturated carbocycles. The molecule has 0 aromatic carbocycles. The lowest BCUT2D eigenvalue weighted by Crippen LogP contribution is -2.25. The number of unbranched alkanes of at least 4 members (excludes halogenated alkanes) is 2. The predicted molar refractivity (Wildman–Crippen MR) is 91.9 cm³/mol. The molecule has 1 rings (SSSR count). The van der Waals surface area contributed by atoms with Gasteiger partial charge in [-0.15, -0.1) is 0 Å². The van der Waals surface area contributed by atoms with E-state index in [-0.39, 0.29) is 42.0 Å². The minimum Gasteiger partial charge on any atom is -0.359 e. The molecule has 0 spiro atoms. The van der Waals surface area contributed by atoms with Gasteiger partial charge in [0.05, 0.1) is 6.20 Å². The molecule has 7 nitrogen and oxygen atoms in total. The number of ketones is 1. The van der Waals surface area contributed by atoms with Crippen LogP contribution in [0.15, 0.2) is 6.20 Å². The topological polar surface area (TPSA) is 104 Å². The zero-order chi connectivity index (χ0) is 17.9. The molecule has 0 saturated heterocycles. The van der Waals surface area contributed by atoms with Crippen molar-refractivity contribution < 1.29 is 14.4 Å². The Labute approximate surface area is 143 Å². The van der Waals surface area contributed by atoms with Crippen LogP contribution < -0.4 is 10.6 Å². The van der Waals surface area contributed by atoms with Crippen LogP contribution in [0.3, 0.4) is 0 Å². The number of hydrogen-bond donors (Lipinski definition) is 3. The van der Waals surface area contributed by atoms with Gasteiger partial charge in [-0.05, 0) is 12.3 Å². The van der Waals surface area contributed by atoms with E-state index in [0.29, 0.717) is 12.5 Å². The van der Waals surface area contributed by atoms with Crippen molar-refractivity contribution in [2.75, 3.05) is 13.6 Å². The van der Waals surface area contributed by atoms with Gasteiger partial charge in [-0.3, -0.25) is 14.4 Å². The third-order valence-electron chi connectivity index (χ3n) is 3.69. The maximum absolute atomic E-state index is 12.0. The van der Waals surface area contributed by atoms with E-state index in [1.807, 2.05) is 0 Å². The molecule has 1 aromatic rings. The lowest BCUT2D eigenvalue weighted by molar-refractivity contribution is -0.120. The summed E-state index contributed by atoms with van der Waals surface area (Å²) in [7, 11) is 1.52. The molecule has 0 atom stereocenters. The van der Waals surface area contributed by atoms with Crippen LogP contribution in [0.5, 0.6) is 0 Å². The molecule has 0 fully saturated rings. The SMILES string of the molecule is CNC(=O)CCC(=O)c1cnc(C(=O)NCCCCCC(C)C)[nH]1. The highest BCUT2D eigenvalue weighted by atomic mass is 16.2. The van der Waals surface area contributed by atoms with Crippen molar-refractivity contribution >= 4 is 17.6 Å². The van der Waals surface area contributed by atoms with Crippen LogP contribution in [-0.4, -0.2) is 41.2 Å². The average Bonchev–Trinajstić information content (AvgIpc) is 3.05. The van der Waals surface area contributed by atoms with Gasteiger partial charge in [0, 0.05) is 26.4 Å². The second kappa shape index (κ2) is 10.6. The van der Waals surface area contributed by atoms with Gasteiger partial charge in [-0.2, -0.15) is 0 Å². The van der Waals surface area contributed by atoms with E-state index < -0.39 is 0 Å². The summed E-state index contributed by atoms with van der Waals surface area (Å²) in [6.45, 7) is 5.00. The van der Waals surface area contributed by atoms with Crippen molar-refractivity contribution in [3.63, 3.8) is 0 Å². The first-order valence-electron chi connectivity index (χ1n) is 8.51. The van der Waals surface area contributed by atoms with Crippen molar-refractivity contribution in [1.29, 1.82) is 0 Å². The third kappa shape index (κ3) is 7.39. The molecule has 0 radical (unpaired) electrons. The Morgan fingerprint density at radius 3 is 2.58 bits per heavy atom.